The maximum Gasteiger partial charge on any atom is 0.0600 e. The molecule has 0 amide bonds. The van der Waals surface area contributed by atoms with Gasteiger partial charge in [0.05, 0.1) is 18.6 Å². The van der Waals surface area contributed by atoms with E-state index in [0.29, 0.717) is 6.04 Å². The first kappa shape index (κ1) is 10.8. The van der Waals surface area contributed by atoms with Crippen LogP contribution in [0.25, 0.3) is 0 Å². The lowest BCUT2D eigenvalue weighted by Crippen LogP contribution is -2.58. The van der Waals surface area contributed by atoms with Crippen LogP contribution in [0.1, 0.15) is 18.4 Å². The third kappa shape index (κ3) is 1.62. The van der Waals surface area contributed by atoms with Crippen molar-refractivity contribution in [2.75, 3.05) is 19.8 Å². The second-order valence-corrected chi connectivity index (χ2v) is 5.72. The highest BCUT2D eigenvalue weighted by atomic mass is 79.9. The summed E-state index contributed by atoms with van der Waals surface area (Å²) in [5.41, 5.74) is 1.65. The fourth-order valence-electron chi connectivity index (χ4n) is 2.83. The van der Waals surface area contributed by atoms with Gasteiger partial charge in [-0.25, -0.2) is 0 Å². The van der Waals surface area contributed by atoms with Crippen LogP contribution in [-0.4, -0.2) is 25.8 Å². The van der Waals surface area contributed by atoms with Crippen LogP contribution in [0.5, 0.6) is 0 Å². The van der Waals surface area contributed by atoms with Gasteiger partial charge in [0.1, 0.15) is 0 Å². The van der Waals surface area contributed by atoms with Gasteiger partial charge < -0.3 is 10.1 Å². The molecule has 1 aromatic carbocycles. The first-order chi connectivity index (χ1) is 7.81. The number of rotatable bonds is 2. The quantitative estimate of drug-likeness (QED) is 0.899. The normalized spacial score (nSPS) is 27.7. The Morgan fingerprint density at radius 3 is 2.50 bits per heavy atom. The lowest BCUT2D eigenvalue weighted by Gasteiger charge is -2.46. The Kier molecular flexibility index (Phi) is 2.78. The molecule has 0 aromatic heterocycles. The summed E-state index contributed by atoms with van der Waals surface area (Å²) in [5, 5.41) is 3.62. The van der Waals surface area contributed by atoms with Gasteiger partial charge in [0.15, 0.2) is 0 Å². The number of nitrogens with one attached hydrogen (secondary N) is 1. The van der Waals surface area contributed by atoms with Crippen LogP contribution in [0.2, 0.25) is 0 Å². The molecular weight excluding hydrogens is 266 g/mol. The van der Waals surface area contributed by atoms with E-state index in [1.165, 1.54) is 18.4 Å². The number of hydrogen-bond acceptors (Lipinski definition) is 2. The Bertz CT molecular complexity index is 366. The van der Waals surface area contributed by atoms with Gasteiger partial charge in [-0.05, 0) is 37.1 Å². The van der Waals surface area contributed by atoms with E-state index in [4.69, 9.17) is 4.74 Å². The van der Waals surface area contributed by atoms with Crippen molar-refractivity contribution in [2.24, 2.45) is 0 Å². The number of benzene rings is 1. The fourth-order valence-corrected chi connectivity index (χ4v) is 3.09. The summed E-state index contributed by atoms with van der Waals surface area (Å²) in [5.74, 6) is 0. The zero-order valence-corrected chi connectivity index (χ0v) is 10.8. The SMILES string of the molecule is Brc1ccc(C2(C3CCCN3)COC2)cc1. The van der Waals surface area contributed by atoms with Gasteiger partial charge in [-0.1, -0.05) is 28.1 Å². The summed E-state index contributed by atoms with van der Waals surface area (Å²) >= 11 is 3.49. The van der Waals surface area contributed by atoms with Crippen LogP contribution in [0.3, 0.4) is 0 Å². The van der Waals surface area contributed by atoms with Crippen molar-refractivity contribution in [3.05, 3.63) is 34.3 Å². The van der Waals surface area contributed by atoms with Crippen LogP contribution >= 0.6 is 15.9 Å². The standard InChI is InChI=1S/C13H16BrNO/c14-11-5-3-10(4-6-11)13(8-16-9-13)12-2-1-7-15-12/h3-6,12,15H,1-2,7-9H2. The molecule has 1 atom stereocenters. The van der Waals surface area contributed by atoms with Crippen molar-refractivity contribution in [3.63, 3.8) is 0 Å². The second kappa shape index (κ2) is 4.13. The lowest BCUT2D eigenvalue weighted by molar-refractivity contribution is -0.0760. The lowest BCUT2D eigenvalue weighted by atomic mass is 9.72. The Hall–Kier alpha value is -0.380. The van der Waals surface area contributed by atoms with E-state index in [-0.39, 0.29) is 5.41 Å². The van der Waals surface area contributed by atoms with Crippen LogP contribution in [0.4, 0.5) is 0 Å². The average Bonchev–Trinajstić information content (AvgIpc) is 2.73. The van der Waals surface area contributed by atoms with Gasteiger partial charge in [0, 0.05) is 10.5 Å². The van der Waals surface area contributed by atoms with E-state index in [1.807, 2.05) is 0 Å². The topological polar surface area (TPSA) is 21.3 Å². The molecule has 2 fully saturated rings. The molecule has 0 saturated carbocycles. The Balaban J connectivity index is 1.91. The Labute approximate surface area is 105 Å². The predicted molar refractivity (Wildman–Crippen MR) is 67.7 cm³/mol. The molecule has 2 heterocycles. The summed E-state index contributed by atoms with van der Waals surface area (Å²) < 4.78 is 6.63. The molecule has 0 radical (unpaired) electrons. The fraction of sp³-hybridized carbons (Fsp3) is 0.538. The molecule has 0 spiro atoms. The van der Waals surface area contributed by atoms with Crippen LogP contribution in [-0.2, 0) is 10.2 Å². The van der Waals surface area contributed by atoms with Crippen molar-refractivity contribution < 1.29 is 4.74 Å². The van der Waals surface area contributed by atoms with Gasteiger partial charge in [-0.15, -0.1) is 0 Å². The molecule has 2 nitrogen and oxygen atoms in total. The van der Waals surface area contributed by atoms with E-state index < -0.39 is 0 Å². The molecule has 0 bridgehead atoms. The zero-order valence-electron chi connectivity index (χ0n) is 9.21. The average molecular weight is 282 g/mol. The third-order valence-electron chi connectivity index (χ3n) is 3.87. The van der Waals surface area contributed by atoms with E-state index in [9.17, 15) is 0 Å². The van der Waals surface area contributed by atoms with Gasteiger partial charge >= 0.3 is 0 Å². The predicted octanol–water partition coefficient (Wildman–Crippen LogP) is 2.47. The van der Waals surface area contributed by atoms with Crippen LogP contribution in [0, 0.1) is 0 Å². The van der Waals surface area contributed by atoms with Gasteiger partial charge in [0.25, 0.3) is 0 Å². The first-order valence-electron chi connectivity index (χ1n) is 5.88. The maximum atomic E-state index is 5.48. The Morgan fingerprint density at radius 1 is 1.25 bits per heavy atom. The molecular formula is C13H16BrNO. The molecule has 3 rings (SSSR count). The second-order valence-electron chi connectivity index (χ2n) is 4.80. The Morgan fingerprint density at radius 2 is 2.00 bits per heavy atom. The monoisotopic (exact) mass is 281 g/mol. The highest BCUT2D eigenvalue weighted by Gasteiger charge is 2.47. The first-order valence-corrected chi connectivity index (χ1v) is 6.68. The van der Waals surface area contributed by atoms with Gasteiger partial charge in [-0.3, -0.25) is 0 Å². The van der Waals surface area contributed by atoms with E-state index in [1.54, 1.807) is 0 Å². The molecule has 1 aromatic rings. The van der Waals surface area contributed by atoms with Crippen molar-refractivity contribution in [1.29, 1.82) is 0 Å². The van der Waals surface area contributed by atoms with E-state index >= 15 is 0 Å². The minimum Gasteiger partial charge on any atom is -0.379 e. The molecule has 2 saturated heterocycles. The van der Waals surface area contributed by atoms with Crippen molar-refractivity contribution in [3.8, 4) is 0 Å². The van der Waals surface area contributed by atoms with E-state index in [2.05, 4.69) is 45.5 Å². The molecule has 2 aliphatic heterocycles. The zero-order chi connectivity index (χ0) is 11.0. The summed E-state index contributed by atoms with van der Waals surface area (Å²) in [6.07, 6.45) is 2.57. The highest BCUT2D eigenvalue weighted by Crippen LogP contribution is 2.39. The maximum absolute atomic E-state index is 5.48. The number of ether oxygens (including phenoxy) is 1. The summed E-state index contributed by atoms with van der Waals surface area (Å²) in [6.45, 7) is 2.89. The van der Waals surface area contributed by atoms with Crippen LogP contribution < -0.4 is 5.32 Å². The van der Waals surface area contributed by atoms with E-state index in [0.717, 1.165) is 24.2 Å². The third-order valence-corrected chi connectivity index (χ3v) is 4.39. The number of halogens is 1. The van der Waals surface area contributed by atoms with Crippen molar-refractivity contribution in [2.45, 2.75) is 24.3 Å². The van der Waals surface area contributed by atoms with Gasteiger partial charge in [0.2, 0.25) is 0 Å². The minimum absolute atomic E-state index is 0.233. The summed E-state index contributed by atoms with van der Waals surface area (Å²) in [6, 6.07) is 9.32. The summed E-state index contributed by atoms with van der Waals surface area (Å²) in [7, 11) is 0. The molecule has 2 aliphatic rings. The molecule has 16 heavy (non-hydrogen) atoms. The van der Waals surface area contributed by atoms with Crippen molar-refractivity contribution >= 4 is 15.9 Å². The van der Waals surface area contributed by atoms with Gasteiger partial charge in [-0.2, -0.15) is 0 Å². The number of hydrogen-bond donors (Lipinski definition) is 1. The molecule has 1 unspecified atom stereocenters. The molecule has 3 heteroatoms. The highest BCUT2D eigenvalue weighted by molar-refractivity contribution is 9.10. The smallest absolute Gasteiger partial charge is 0.0600 e. The van der Waals surface area contributed by atoms with Crippen LogP contribution in [0.15, 0.2) is 28.7 Å². The molecule has 0 aliphatic carbocycles. The summed E-state index contributed by atoms with van der Waals surface area (Å²) in [4.78, 5) is 0. The largest absolute Gasteiger partial charge is 0.379 e. The van der Waals surface area contributed by atoms with Crippen molar-refractivity contribution in [1.82, 2.24) is 5.32 Å². The minimum atomic E-state index is 0.233. The molecule has 86 valence electrons. The molecule has 1 N–H and O–H groups in total.